The maximum Gasteiger partial charge on any atom is 0.179 e. The zero-order valence-corrected chi connectivity index (χ0v) is 11.5. The number of aryl methyl sites for hydroxylation is 2. The summed E-state index contributed by atoms with van der Waals surface area (Å²) in [6.45, 7) is 5.89. The number of rotatable bonds is 3. The summed E-state index contributed by atoms with van der Waals surface area (Å²) in [7, 11) is 0. The second-order valence-electron chi connectivity index (χ2n) is 4.37. The van der Waals surface area contributed by atoms with Crippen molar-refractivity contribution in [1.29, 1.82) is 0 Å². The van der Waals surface area contributed by atoms with Gasteiger partial charge in [-0.15, -0.1) is 11.6 Å². The van der Waals surface area contributed by atoms with Crippen molar-refractivity contribution in [2.24, 2.45) is 0 Å². The Morgan fingerprint density at radius 3 is 2.67 bits per heavy atom. The molecule has 0 saturated carbocycles. The van der Waals surface area contributed by atoms with E-state index in [4.69, 9.17) is 11.6 Å². The standard InChI is InChI=1S/C14H15ClN2O/c1-9-4-5-16-14(6-9)17-10(2)7-12(11(17)3)13(18)8-15/h4-7H,8H2,1-3H3. The summed E-state index contributed by atoms with van der Waals surface area (Å²) < 4.78 is 1.98. The van der Waals surface area contributed by atoms with Crippen LogP contribution in [0.4, 0.5) is 0 Å². The van der Waals surface area contributed by atoms with E-state index in [2.05, 4.69) is 4.98 Å². The molecule has 0 aliphatic rings. The lowest BCUT2D eigenvalue weighted by Crippen LogP contribution is -2.05. The third-order valence-electron chi connectivity index (χ3n) is 2.98. The number of halogens is 1. The average Bonchev–Trinajstić information content (AvgIpc) is 2.64. The van der Waals surface area contributed by atoms with E-state index in [1.165, 1.54) is 0 Å². The molecule has 0 radical (unpaired) electrons. The summed E-state index contributed by atoms with van der Waals surface area (Å²) in [6, 6.07) is 5.81. The quantitative estimate of drug-likeness (QED) is 0.629. The van der Waals surface area contributed by atoms with Crippen LogP contribution in [0.25, 0.3) is 5.82 Å². The Labute approximate surface area is 111 Å². The number of ketones is 1. The molecule has 2 aromatic rings. The molecule has 0 aromatic carbocycles. The van der Waals surface area contributed by atoms with E-state index < -0.39 is 0 Å². The van der Waals surface area contributed by atoms with Crippen molar-refractivity contribution in [3.05, 3.63) is 46.9 Å². The Bertz CT molecular complexity index is 602. The van der Waals surface area contributed by atoms with Gasteiger partial charge < -0.3 is 4.57 Å². The number of aromatic nitrogens is 2. The van der Waals surface area contributed by atoms with Crippen LogP contribution in [-0.4, -0.2) is 21.2 Å². The second-order valence-corrected chi connectivity index (χ2v) is 4.64. The monoisotopic (exact) mass is 262 g/mol. The van der Waals surface area contributed by atoms with Gasteiger partial charge in [0.1, 0.15) is 5.82 Å². The molecule has 0 aliphatic heterocycles. The molecule has 18 heavy (non-hydrogen) atoms. The first kappa shape index (κ1) is 12.8. The Kier molecular flexibility index (Phi) is 3.53. The van der Waals surface area contributed by atoms with E-state index >= 15 is 0 Å². The molecular weight excluding hydrogens is 248 g/mol. The molecule has 2 rings (SSSR count). The van der Waals surface area contributed by atoms with E-state index in [-0.39, 0.29) is 11.7 Å². The van der Waals surface area contributed by atoms with Crippen molar-refractivity contribution in [1.82, 2.24) is 9.55 Å². The number of carbonyl (C=O) groups is 1. The molecule has 0 unspecified atom stereocenters. The molecule has 0 fully saturated rings. The summed E-state index contributed by atoms with van der Waals surface area (Å²) in [5.74, 6) is 0.785. The van der Waals surface area contributed by atoms with Crippen molar-refractivity contribution in [2.45, 2.75) is 20.8 Å². The van der Waals surface area contributed by atoms with Crippen LogP contribution in [0.1, 0.15) is 27.3 Å². The minimum atomic E-state index is -0.0522. The molecule has 0 aliphatic carbocycles. The molecule has 0 spiro atoms. The molecule has 3 nitrogen and oxygen atoms in total. The maximum absolute atomic E-state index is 11.7. The van der Waals surface area contributed by atoms with Gasteiger partial charge in [0.05, 0.1) is 5.88 Å². The van der Waals surface area contributed by atoms with Crippen molar-refractivity contribution in [2.75, 3.05) is 5.88 Å². The van der Waals surface area contributed by atoms with Crippen LogP contribution in [0.3, 0.4) is 0 Å². The van der Waals surface area contributed by atoms with Gasteiger partial charge in [-0.05, 0) is 44.5 Å². The molecule has 0 N–H and O–H groups in total. The van der Waals surface area contributed by atoms with Crippen LogP contribution in [0.15, 0.2) is 24.4 Å². The number of nitrogens with zero attached hydrogens (tertiary/aromatic N) is 2. The van der Waals surface area contributed by atoms with E-state index in [9.17, 15) is 4.79 Å². The fraction of sp³-hybridized carbons (Fsp3) is 0.286. The fourth-order valence-corrected chi connectivity index (χ4v) is 2.26. The Hall–Kier alpha value is -1.61. The van der Waals surface area contributed by atoms with Crippen LogP contribution < -0.4 is 0 Å². The van der Waals surface area contributed by atoms with Gasteiger partial charge in [0.2, 0.25) is 0 Å². The van der Waals surface area contributed by atoms with Crippen molar-refractivity contribution >= 4 is 17.4 Å². The predicted molar refractivity (Wildman–Crippen MR) is 72.8 cm³/mol. The zero-order chi connectivity index (χ0) is 13.3. The lowest BCUT2D eigenvalue weighted by atomic mass is 10.2. The van der Waals surface area contributed by atoms with E-state index in [0.717, 1.165) is 22.8 Å². The second kappa shape index (κ2) is 4.94. The molecule has 4 heteroatoms. The molecule has 0 amide bonds. The van der Waals surface area contributed by atoms with Gasteiger partial charge in [-0.3, -0.25) is 4.79 Å². The molecule has 2 heterocycles. The first-order chi connectivity index (χ1) is 8.54. The third-order valence-corrected chi connectivity index (χ3v) is 3.23. The highest BCUT2D eigenvalue weighted by Gasteiger charge is 2.16. The first-order valence-corrected chi connectivity index (χ1v) is 6.29. The average molecular weight is 263 g/mol. The third kappa shape index (κ3) is 2.18. The molecule has 0 saturated heterocycles. The highest BCUT2D eigenvalue weighted by molar-refractivity contribution is 6.30. The fourth-order valence-electron chi connectivity index (χ4n) is 2.11. The number of Topliss-reactive ketones (excluding diaryl/α,β-unsaturated/α-hetero) is 1. The number of hydrogen-bond donors (Lipinski definition) is 0. The Morgan fingerprint density at radius 2 is 2.06 bits per heavy atom. The van der Waals surface area contributed by atoms with Gasteiger partial charge in [0.15, 0.2) is 5.78 Å². The summed E-state index contributed by atoms with van der Waals surface area (Å²) in [6.07, 6.45) is 1.77. The SMILES string of the molecule is Cc1ccnc(-n2c(C)cc(C(=O)CCl)c2C)c1. The number of pyridine rings is 1. The van der Waals surface area contributed by atoms with Crippen molar-refractivity contribution in [3.63, 3.8) is 0 Å². The summed E-state index contributed by atoms with van der Waals surface area (Å²) >= 11 is 5.62. The predicted octanol–water partition coefficient (Wildman–Crippen LogP) is 3.22. The lowest BCUT2D eigenvalue weighted by Gasteiger charge is -2.09. The minimum Gasteiger partial charge on any atom is -0.302 e. The summed E-state index contributed by atoms with van der Waals surface area (Å²) in [4.78, 5) is 16.1. The van der Waals surface area contributed by atoms with E-state index in [0.29, 0.717) is 5.56 Å². The van der Waals surface area contributed by atoms with Gasteiger partial charge in [0.25, 0.3) is 0 Å². The van der Waals surface area contributed by atoms with Gasteiger partial charge in [-0.1, -0.05) is 0 Å². The molecule has 94 valence electrons. The van der Waals surface area contributed by atoms with Gasteiger partial charge >= 0.3 is 0 Å². The largest absolute Gasteiger partial charge is 0.302 e. The Balaban J connectivity index is 2.59. The minimum absolute atomic E-state index is 0.00550. The summed E-state index contributed by atoms with van der Waals surface area (Å²) in [5.41, 5.74) is 3.68. The number of alkyl halides is 1. The van der Waals surface area contributed by atoms with Crippen molar-refractivity contribution < 1.29 is 4.79 Å². The van der Waals surface area contributed by atoms with Crippen LogP contribution in [0.5, 0.6) is 0 Å². The number of carbonyl (C=O) groups excluding carboxylic acids is 1. The van der Waals surface area contributed by atoms with Crippen LogP contribution >= 0.6 is 11.6 Å². The number of hydrogen-bond acceptors (Lipinski definition) is 2. The summed E-state index contributed by atoms with van der Waals surface area (Å²) in [5, 5.41) is 0. The normalized spacial score (nSPS) is 10.7. The van der Waals surface area contributed by atoms with Gasteiger partial charge in [-0.25, -0.2) is 4.98 Å². The molecule has 0 bridgehead atoms. The van der Waals surface area contributed by atoms with E-state index in [1.54, 1.807) is 6.20 Å². The van der Waals surface area contributed by atoms with Crippen LogP contribution in [0.2, 0.25) is 0 Å². The van der Waals surface area contributed by atoms with Crippen LogP contribution in [0, 0.1) is 20.8 Å². The smallest absolute Gasteiger partial charge is 0.179 e. The molecular formula is C14H15ClN2O. The lowest BCUT2D eigenvalue weighted by molar-refractivity contribution is 0.102. The highest BCUT2D eigenvalue weighted by atomic mass is 35.5. The topological polar surface area (TPSA) is 34.9 Å². The van der Waals surface area contributed by atoms with Gasteiger partial charge in [-0.2, -0.15) is 0 Å². The first-order valence-electron chi connectivity index (χ1n) is 5.75. The Morgan fingerprint density at radius 1 is 1.33 bits per heavy atom. The van der Waals surface area contributed by atoms with E-state index in [1.807, 2.05) is 43.5 Å². The molecule has 0 atom stereocenters. The van der Waals surface area contributed by atoms with Crippen molar-refractivity contribution in [3.8, 4) is 5.82 Å². The van der Waals surface area contributed by atoms with Crippen LogP contribution in [-0.2, 0) is 0 Å². The zero-order valence-electron chi connectivity index (χ0n) is 10.7. The van der Waals surface area contributed by atoms with Gasteiger partial charge in [0, 0.05) is 23.1 Å². The molecule has 2 aromatic heterocycles. The highest BCUT2D eigenvalue weighted by Crippen LogP contribution is 2.20. The maximum atomic E-state index is 11.7.